The van der Waals surface area contributed by atoms with E-state index in [9.17, 15) is 9.59 Å². The van der Waals surface area contributed by atoms with Crippen LogP contribution in [0.4, 0.5) is 5.69 Å². The van der Waals surface area contributed by atoms with Crippen LogP contribution in [-0.4, -0.2) is 23.6 Å². The lowest BCUT2D eigenvalue weighted by atomic mass is 10.1. The average Bonchev–Trinajstić information content (AvgIpc) is 3.10. The first-order valence-corrected chi connectivity index (χ1v) is 9.68. The molecule has 29 heavy (non-hydrogen) atoms. The molecule has 0 atom stereocenters. The molecule has 0 unspecified atom stereocenters. The van der Waals surface area contributed by atoms with Crippen molar-refractivity contribution in [2.45, 2.75) is 26.7 Å². The molecular formula is C22H21ClN2O4. The molecule has 1 amide bonds. The van der Waals surface area contributed by atoms with Gasteiger partial charge in [-0.2, -0.15) is 0 Å². The van der Waals surface area contributed by atoms with Crippen molar-refractivity contribution >= 4 is 29.2 Å². The first kappa shape index (κ1) is 20.6. The molecule has 0 bridgehead atoms. The van der Waals surface area contributed by atoms with Gasteiger partial charge < -0.3 is 14.6 Å². The van der Waals surface area contributed by atoms with Crippen LogP contribution in [0.15, 0.2) is 53.1 Å². The Labute approximate surface area is 173 Å². The number of esters is 1. The molecule has 6 nitrogen and oxygen atoms in total. The van der Waals surface area contributed by atoms with Crippen molar-refractivity contribution in [3.8, 4) is 11.3 Å². The first-order valence-electron chi connectivity index (χ1n) is 9.31. The number of rotatable bonds is 7. The molecular weight excluding hydrogens is 392 g/mol. The molecule has 0 aliphatic rings. The fourth-order valence-electron chi connectivity index (χ4n) is 2.79. The Balaban J connectivity index is 1.82. The fourth-order valence-corrected chi connectivity index (χ4v) is 3.01. The van der Waals surface area contributed by atoms with Crippen LogP contribution in [0, 0.1) is 6.92 Å². The van der Waals surface area contributed by atoms with Crippen molar-refractivity contribution in [1.29, 1.82) is 0 Å². The summed E-state index contributed by atoms with van der Waals surface area (Å²) in [5.74, 6) is -0.463. The van der Waals surface area contributed by atoms with Crippen molar-refractivity contribution in [3.63, 3.8) is 0 Å². The Morgan fingerprint density at radius 2 is 1.97 bits per heavy atom. The van der Waals surface area contributed by atoms with Gasteiger partial charge in [0.05, 0.1) is 17.2 Å². The molecule has 0 saturated carbocycles. The second-order valence-corrected chi connectivity index (χ2v) is 6.87. The third-order valence-electron chi connectivity index (χ3n) is 4.31. The number of aryl methyl sites for hydroxylation is 1. The highest BCUT2D eigenvalue weighted by Gasteiger charge is 2.23. The number of hydrogen-bond acceptors (Lipinski definition) is 5. The third kappa shape index (κ3) is 4.84. The fraction of sp³-hybridized carbons (Fsp3) is 0.227. The van der Waals surface area contributed by atoms with Crippen LogP contribution in [0.1, 0.15) is 46.2 Å². The van der Waals surface area contributed by atoms with E-state index in [2.05, 4.69) is 10.5 Å². The van der Waals surface area contributed by atoms with E-state index < -0.39 is 11.9 Å². The number of benzene rings is 2. The molecule has 1 N–H and O–H groups in total. The Bertz CT molecular complexity index is 1030. The number of anilines is 1. The number of nitrogens with zero attached hydrogens (tertiary/aromatic N) is 1. The summed E-state index contributed by atoms with van der Waals surface area (Å²) in [6, 6.07) is 13.7. The van der Waals surface area contributed by atoms with Crippen LogP contribution in [0.25, 0.3) is 11.3 Å². The minimum atomic E-state index is -0.424. The van der Waals surface area contributed by atoms with E-state index in [-0.39, 0.29) is 5.56 Å². The third-order valence-corrected chi connectivity index (χ3v) is 4.64. The number of ether oxygens (including phenoxy) is 1. The quantitative estimate of drug-likeness (QED) is 0.408. The van der Waals surface area contributed by atoms with Crippen molar-refractivity contribution < 1.29 is 18.8 Å². The molecule has 1 aromatic heterocycles. The number of carbonyl (C=O) groups excluding carboxylic acids is 2. The van der Waals surface area contributed by atoms with E-state index in [1.54, 1.807) is 55.5 Å². The zero-order valence-corrected chi connectivity index (χ0v) is 17.0. The lowest BCUT2D eigenvalue weighted by molar-refractivity contribution is 0.0499. The van der Waals surface area contributed by atoms with E-state index in [0.29, 0.717) is 39.9 Å². The second kappa shape index (κ2) is 9.39. The number of hydrogen-bond donors (Lipinski definition) is 1. The van der Waals surface area contributed by atoms with Crippen LogP contribution in [0.3, 0.4) is 0 Å². The van der Waals surface area contributed by atoms with Crippen molar-refractivity contribution in [3.05, 3.63) is 70.4 Å². The second-order valence-electron chi connectivity index (χ2n) is 6.47. The summed E-state index contributed by atoms with van der Waals surface area (Å²) in [6.45, 7) is 4.05. The maximum Gasteiger partial charge on any atom is 0.338 e. The van der Waals surface area contributed by atoms with Gasteiger partial charge in [0.2, 0.25) is 0 Å². The van der Waals surface area contributed by atoms with Crippen molar-refractivity contribution in [2.75, 3.05) is 11.9 Å². The molecule has 0 spiro atoms. The highest BCUT2D eigenvalue weighted by Crippen LogP contribution is 2.31. The van der Waals surface area contributed by atoms with Crippen LogP contribution in [0.5, 0.6) is 0 Å². The molecule has 3 rings (SSSR count). The summed E-state index contributed by atoms with van der Waals surface area (Å²) in [6.07, 6.45) is 1.75. The predicted molar refractivity (Wildman–Crippen MR) is 111 cm³/mol. The van der Waals surface area contributed by atoms with Gasteiger partial charge >= 0.3 is 5.97 Å². The molecule has 0 aliphatic heterocycles. The molecule has 0 radical (unpaired) electrons. The number of nitrogens with one attached hydrogen (secondary N) is 1. The van der Waals surface area contributed by atoms with E-state index in [4.69, 9.17) is 20.9 Å². The van der Waals surface area contributed by atoms with Crippen molar-refractivity contribution in [2.24, 2.45) is 0 Å². The summed E-state index contributed by atoms with van der Waals surface area (Å²) in [5.41, 5.74) is 2.08. The van der Waals surface area contributed by atoms with Gasteiger partial charge in [-0.05, 0) is 37.6 Å². The highest BCUT2D eigenvalue weighted by atomic mass is 35.5. The van der Waals surface area contributed by atoms with Gasteiger partial charge in [-0.25, -0.2) is 4.79 Å². The number of carbonyl (C=O) groups is 2. The van der Waals surface area contributed by atoms with Gasteiger partial charge in [0.1, 0.15) is 17.0 Å². The van der Waals surface area contributed by atoms with Crippen LogP contribution < -0.4 is 5.32 Å². The molecule has 3 aromatic rings. The van der Waals surface area contributed by atoms with Gasteiger partial charge in [-0.1, -0.05) is 54.4 Å². The van der Waals surface area contributed by atoms with Gasteiger partial charge in [-0.3, -0.25) is 4.79 Å². The van der Waals surface area contributed by atoms with Gasteiger partial charge in [0, 0.05) is 11.3 Å². The highest BCUT2D eigenvalue weighted by molar-refractivity contribution is 6.33. The molecule has 0 aliphatic carbocycles. The lowest BCUT2D eigenvalue weighted by Crippen LogP contribution is -2.14. The van der Waals surface area contributed by atoms with Gasteiger partial charge in [0.15, 0.2) is 0 Å². The maximum atomic E-state index is 12.9. The predicted octanol–water partition coefficient (Wildman–Crippen LogP) is 5.51. The molecule has 150 valence electrons. The smallest absolute Gasteiger partial charge is 0.338 e. The maximum absolute atomic E-state index is 12.9. The van der Waals surface area contributed by atoms with E-state index in [1.165, 1.54) is 0 Å². The monoisotopic (exact) mass is 412 g/mol. The first-order chi connectivity index (χ1) is 14.0. The van der Waals surface area contributed by atoms with Crippen molar-refractivity contribution in [1.82, 2.24) is 5.16 Å². The summed E-state index contributed by atoms with van der Waals surface area (Å²) in [7, 11) is 0. The number of amides is 1. The molecule has 0 fully saturated rings. The van der Waals surface area contributed by atoms with Crippen LogP contribution >= 0.6 is 11.6 Å². The Hall–Kier alpha value is -3.12. The SMILES string of the molecule is CCCCOC(=O)c1cccc(NC(=O)c2c(-c3ccccc3Cl)noc2C)c1. The molecule has 7 heteroatoms. The molecule has 1 heterocycles. The minimum absolute atomic E-state index is 0.286. The van der Waals surface area contributed by atoms with Gasteiger partial charge in [0.25, 0.3) is 5.91 Å². The van der Waals surface area contributed by atoms with Crippen LogP contribution in [0.2, 0.25) is 5.02 Å². The van der Waals surface area contributed by atoms with E-state index in [0.717, 1.165) is 12.8 Å². The van der Waals surface area contributed by atoms with Gasteiger partial charge in [-0.15, -0.1) is 0 Å². The lowest BCUT2D eigenvalue weighted by Gasteiger charge is -2.09. The standard InChI is InChI=1S/C22H21ClN2O4/c1-3-4-12-28-22(27)15-8-7-9-16(13-15)24-21(26)19-14(2)29-25-20(19)17-10-5-6-11-18(17)23/h5-11,13H,3-4,12H2,1-2H3,(H,24,26). The summed E-state index contributed by atoms with van der Waals surface area (Å²) in [5, 5.41) is 7.25. The number of halogens is 1. The Morgan fingerprint density at radius 3 is 2.72 bits per heavy atom. The average molecular weight is 413 g/mol. The van der Waals surface area contributed by atoms with Crippen LogP contribution in [-0.2, 0) is 4.74 Å². The zero-order chi connectivity index (χ0) is 20.8. The number of aromatic nitrogens is 1. The Morgan fingerprint density at radius 1 is 1.17 bits per heavy atom. The zero-order valence-electron chi connectivity index (χ0n) is 16.2. The Kier molecular flexibility index (Phi) is 6.67. The summed E-state index contributed by atoms with van der Waals surface area (Å²) < 4.78 is 10.5. The number of unbranched alkanes of at least 4 members (excludes halogenated alkanes) is 1. The summed E-state index contributed by atoms with van der Waals surface area (Å²) >= 11 is 6.25. The molecule has 2 aromatic carbocycles. The minimum Gasteiger partial charge on any atom is -0.462 e. The van der Waals surface area contributed by atoms with E-state index in [1.807, 2.05) is 6.92 Å². The normalized spacial score (nSPS) is 10.6. The topological polar surface area (TPSA) is 81.4 Å². The largest absolute Gasteiger partial charge is 0.462 e. The summed E-state index contributed by atoms with van der Waals surface area (Å²) in [4.78, 5) is 25.1. The van der Waals surface area contributed by atoms with E-state index >= 15 is 0 Å². The molecule has 0 saturated heterocycles.